The maximum absolute atomic E-state index is 13.9. The molecule has 0 saturated carbocycles. The second kappa shape index (κ2) is 5.45. The Morgan fingerprint density at radius 2 is 2.14 bits per heavy atom. The van der Waals surface area contributed by atoms with Crippen molar-refractivity contribution in [1.29, 1.82) is 0 Å². The molecule has 3 rings (SSSR count). The summed E-state index contributed by atoms with van der Waals surface area (Å²) in [5.74, 6) is -0.175. The number of nitrogens with zero attached hydrogens (tertiary/aromatic N) is 1. The van der Waals surface area contributed by atoms with Gasteiger partial charge in [0.05, 0.1) is 0 Å². The fourth-order valence-corrected chi connectivity index (χ4v) is 2.80. The lowest BCUT2D eigenvalue weighted by Crippen LogP contribution is -1.92. The highest BCUT2D eigenvalue weighted by Crippen LogP contribution is 2.35. The maximum Gasteiger partial charge on any atom is 0.130 e. The van der Waals surface area contributed by atoms with Crippen LogP contribution in [0.2, 0.25) is 5.15 Å². The fourth-order valence-electron chi connectivity index (χ4n) is 2.65. The first-order valence-corrected chi connectivity index (χ1v) is 7.21. The zero-order valence-electron chi connectivity index (χ0n) is 12.0. The molecule has 0 saturated heterocycles. The van der Waals surface area contributed by atoms with Gasteiger partial charge in [0.1, 0.15) is 11.0 Å². The summed E-state index contributed by atoms with van der Waals surface area (Å²) in [6, 6.07) is 7.06. The normalized spacial score (nSPS) is 12.9. The van der Waals surface area contributed by atoms with E-state index in [1.165, 1.54) is 11.6 Å². The number of hydrogen-bond acceptors (Lipinski definition) is 1. The summed E-state index contributed by atoms with van der Waals surface area (Å²) in [5, 5.41) is 0.452. The summed E-state index contributed by atoms with van der Waals surface area (Å²) in [5.41, 5.74) is 5.99. The minimum atomic E-state index is -0.175. The number of allylic oxidation sites excluding steroid dienone is 2. The maximum atomic E-state index is 13.9. The Hall–Kier alpha value is -1.93. The number of hydrogen-bond donors (Lipinski definition) is 0. The third kappa shape index (κ3) is 2.77. The van der Waals surface area contributed by atoms with E-state index in [0.29, 0.717) is 10.7 Å². The monoisotopic (exact) mass is 299 g/mol. The highest BCUT2D eigenvalue weighted by molar-refractivity contribution is 6.29. The van der Waals surface area contributed by atoms with Crippen molar-refractivity contribution in [2.24, 2.45) is 0 Å². The van der Waals surface area contributed by atoms with Crippen molar-refractivity contribution in [3.63, 3.8) is 0 Å². The first-order valence-electron chi connectivity index (χ1n) is 6.83. The van der Waals surface area contributed by atoms with Crippen LogP contribution in [-0.2, 0) is 6.42 Å². The van der Waals surface area contributed by atoms with Crippen molar-refractivity contribution >= 4 is 29.3 Å². The third-order valence-corrected chi connectivity index (χ3v) is 3.74. The molecule has 3 heteroatoms. The van der Waals surface area contributed by atoms with Crippen LogP contribution in [0.25, 0.3) is 17.7 Å². The molecule has 2 aromatic rings. The van der Waals surface area contributed by atoms with Crippen LogP contribution in [0.5, 0.6) is 0 Å². The molecule has 1 aromatic heterocycles. The number of benzene rings is 1. The molecule has 1 aromatic carbocycles. The van der Waals surface area contributed by atoms with Crippen molar-refractivity contribution in [2.45, 2.75) is 20.3 Å². The Bertz CT molecular complexity index is 771. The molecule has 21 heavy (non-hydrogen) atoms. The van der Waals surface area contributed by atoms with Gasteiger partial charge in [0.15, 0.2) is 0 Å². The Kier molecular flexibility index (Phi) is 3.64. The predicted octanol–water partition coefficient (Wildman–Crippen LogP) is 5.39. The molecule has 0 unspecified atom stereocenters. The molecule has 0 fully saturated rings. The molecule has 0 spiro atoms. The van der Waals surface area contributed by atoms with Crippen LogP contribution in [0.15, 0.2) is 36.0 Å². The molecule has 1 heterocycles. The molecule has 0 radical (unpaired) electrons. The predicted molar refractivity (Wildman–Crippen MR) is 86.5 cm³/mol. The van der Waals surface area contributed by atoms with Crippen molar-refractivity contribution in [3.05, 3.63) is 69.3 Å². The second-order valence-corrected chi connectivity index (χ2v) is 5.86. The zero-order chi connectivity index (χ0) is 15.0. The first kappa shape index (κ1) is 14.0. The zero-order valence-corrected chi connectivity index (χ0v) is 12.7. The summed E-state index contributed by atoms with van der Waals surface area (Å²) >= 11 is 6.04. The van der Waals surface area contributed by atoms with E-state index in [4.69, 9.17) is 11.6 Å². The molecular formula is C18H15ClFN. The number of fused-ring (bicyclic) bond motifs is 1. The topological polar surface area (TPSA) is 12.9 Å². The lowest BCUT2D eigenvalue weighted by atomic mass is 9.99. The van der Waals surface area contributed by atoms with Gasteiger partial charge in [0, 0.05) is 17.3 Å². The largest absolute Gasteiger partial charge is 0.244 e. The summed E-state index contributed by atoms with van der Waals surface area (Å²) < 4.78 is 13.9. The number of aromatic nitrogens is 1. The molecule has 1 aliphatic rings. The van der Waals surface area contributed by atoms with Gasteiger partial charge in [-0.15, -0.1) is 0 Å². The second-order valence-electron chi connectivity index (χ2n) is 5.47. The van der Waals surface area contributed by atoms with Crippen LogP contribution in [0.1, 0.15) is 36.1 Å². The van der Waals surface area contributed by atoms with Gasteiger partial charge in [-0.05, 0) is 55.2 Å². The SMILES string of the molecule is CC(C)=Cc1cnc(Cl)cc1C1=Cc2c(F)cccc2C1. The molecule has 1 aliphatic carbocycles. The molecule has 0 aliphatic heterocycles. The van der Waals surface area contributed by atoms with Crippen LogP contribution in [0.3, 0.4) is 0 Å². The van der Waals surface area contributed by atoms with E-state index in [1.54, 1.807) is 12.3 Å². The number of rotatable bonds is 2. The van der Waals surface area contributed by atoms with Gasteiger partial charge in [0.25, 0.3) is 0 Å². The Balaban J connectivity index is 2.11. The molecule has 0 amide bonds. The van der Waals surface area contributed by atoms with Crippen LogP contribution in [-0.4, -0.2) is 4.98 Å². The van der Waals surface area contributed by atoms with Gasteiger partial charge in [-0.3, -0.25) is 0 Å². The highest BCUT2D eigenvalue weighted by Gasteiger charge is 2.19. The third-order valence-electron chi connectivity index (χ3n) is 3.53. The molecule has 0 bridgehead atoms. The van der Waals surface area contributed by atoms with Crippen molar-refractivity contribution in [1.82, 2.24) is 4.98 Å². The smallest absolute Gasteiger partial charge is 0.130 e. The molecule has 0 N–H and O–H groups in total. The highest BCUT2D eigenvalue weighted by atomic mass is 35.5. The lowest BCUT2D eigenvalue weighted by molar-refractivity contribution is 0.624. The Labute approximate surface area is 128 Å². The van der Waals surface area contributed by atoms with Gasteiger partial charge >= 0.3 is 0 Å². The average molecular weight is 300 g/mol. The van der Waals surface area contributed by atoms with Crippen LogP contribution in [0, 0.1) is 5.82 Å². The first-order chi connectivity index (χ1) is 10.0. The summed E-state index contributed by atoms with van der Waals surface area (Å²) in [6.07, 6.45) is 6.47. The standard InChI is InChI=1S/C18H15ClFN/c1-11(2)6-14-10-21-18(19)9-15(14)13-7-12-4-3-5-17(20)16(12)8-13/h3-6,8-10H,7H2,1-2H3. The van der Waals surface area contributed by atoms with E-state index in [9.17, 15) is 4.39 Å². The van der Waals surface area contributed by atoms with Gasteiger partial charge in [-0.2, -0.15) is 0 Å². The minimum Gasteiger partial charge on any atom is -0.244 e. The summed E-state index contributed by atoms with van der Waals surface area (Å²) in [7, 11) is 0. The molecule has 1 nitrogen and oxygen atoms in total. The minimum absolute atomic E-state index is 0.175. The fraction of sp³-hybridized carbons (Fsp3) is 0.167. The molecule has 0 atom stereocenters. The van der Waals surface area contributed by atoms with E-state index in [1.807, 2.05) is 32.1 Å². The molecule has 106 valence electrons. The van der Waals surface area contributed by atoms with Crippen molar-refractivity contribution in [2.75, 3.05) is 0 Å². The summed E-state index contributed by atoms with van der Waals surface area (Å²) in [6.45, 7) is 4.08. The lowest BCUT2D eigenvalue weighted by Gasteiger charge is -2.08. The van der Waals surface area contributed by atoms with E-state index >= 15 is 0 Å². The molecular weight excluding hydrogens is 285 g/mol. The Morgan fingerprint density at radius 1 is 1.33 bits per heavy atom. The van der Waals surface area contributed by atoms with E-state index in [0.717, 1.165) is 28.7 Å². The van der Waals surface area contributed by atoms with Gasteiger partial charge < -0.3 is 0 Å². The van der Waals surface area contributed by atoms with Crippen LogP contribution < -0.4 is 0 Å². The quantitative estimate of drug-likeness (QED) is 0.677. The Morgan fingerprint density at radius 3 is 2.86 bits per heavy atom. The van der Waals surface area contributed by atoms with Gasteiger partial charge in [0.2, 0.25) is 0 Å². The van der Waals surface area contributed by atoms with Crippen molar-refractivity contribution in [3.8, 4) is 0 Å². The average Bonchev–Trinajstić information content (AvgIpc) is 2.85. The van der Waals surface area contributed by atoms with E-state index in [2.05, 4.69) is 11.1 Å². The van der Waals surface area contributed by atoms with Crippen LogP contribution >= 0.6 is 11.6 Å². The van der Waals surface area contributed by atoms with Crippen molar-refractivity contribution < 1.29 is 4.39 Å². The summed E-state index contributed by atoms with van der Waals surface area (Å²) in [4.78, 5) is 4.15. The number of pyridine rings is 1. The van der Waals surface area contributed by atoms with E-state index < -0.39 is 0 Å². The van der Waals surface area contributed by atoms with Gasteiger partial charge in [-0.1, -0.05) is 35.4 Å². The van der Waals surface area contributed by atoms with Crippen LogP contribution in [0.4, 0.5) is 4.39 Å². The van der Waals surface area contributed by atoms with Gasteiger partial charge in [-0.25, -0.2) is 9.37 Å². The number of halogens is 2. The van der Waals surface area contributed by atoms with E-state index in [-0.39, 0.29) is 5.82 Å².